The van der Waals surface area contributed by atoms with Gasteiger partial charge >= 0.3 is 0 Å². The van der Waals surface area contributed by atoms with Crippen molar-refractivity contribution in [2.75, 3.05) is 7.11 Å². The molecule has 0 fully saturated rings. The first kappa shape index (κ1) is 13.9. The Morgan fingerprint density at radius 3 is 2.63 bits per heavy atom. The zero-order valence-electron chi connectivity index (χ0n) is 10.9. The number of hydrogen-bond acceptors (Lipinski definition) is 3. The normalized spacial score (nSPS) is 10.3. The molecule has 0 saturated carbocycles. The maximum Gasteiger partial charge on any atom is 0.141 e. The van der Waals surface area contributed by atoms with Gasteiger partial charge in [-0.1, -0.05) is 18.2 Å². The molecular weight excluding hydrogens is 306 g/mol. The lowest BCUT2D eigenvalue weighted by atomic mass is 10.1. The Balaban J connectivity index is 2.36. The number of aryl methyl sites for hydroxylation is 1. The summed E-state index contributed by atoms with van der Waals surface area (Å²) in [7, 11) is 1.64. The molecule has 19 heavy (non-hydrogen) atoms. The summed E-state index contributed by atoms with van der Waals surface area (Å²) in [4.78, 5) is 0. The van der Waals surface area contributed by atoms with Crippen LogP contribution in [0.3, 0.4) is 0 Å². The lowest BCUT2D eigenvalue weighted by molar-refractivity contribution is 0.412. The standard InChI is InChI=1S/C15H16BrNO2/c1-10-4-3-5-11(9-17)15(10)19-14-7-6-12(18-2)8-13(14)16/h3-8H,9,17H2,1-2H3. The first-order valence-corrected chi connectivity index (χ1v) is 6.75. The Bertz CT molecular complexity index is 584. The van der Waals surface area contributed by atoms with Crippen LogP contribution in [0.1, 0.15) is 11.1 Å². The van der Waals surface area contributed by atoms with Crippen LogP contribution < -0.4 is 15.2 Å². The summed E-state index contributed by atoms with van der Waals surface area (Å²) in [5, 5.41) is 0. The first-order valence-electron chi connectivity index (χ1n) is 5.95. The number of hydrogen-bond donors (Lipinski definition) is 1. The second-order valence-electron chi connectivity index (χ2n) is 4.17. The van der Waals surface area contributed by atoms with E-state index < -0.39 is 0 Å². The molecule has 0 heterocycles. The smallest absolute Gasteiger partial charge is 0.141 e. The van der Waals surface area contributed by atoms with Crippen LogP contribution in [0.5, 0.6) is 17.2 Å². The predicted octanol–water partition coefficient (Wildman–Crippen LogP) is 4.02. The van der Waals surface area contributed by atoms with E-state index in [0.29, 0.717) is 6.54 Å². The molecule has 2 aromatic carbocycles. The number of halogens is 1. The molecule has 4 heteroatoms. The fraction of sp³-hybridized carbons (Fsp3) is 0.200. The van der Waals surface area contributed by atoms with Crippen molar-refractivity contribution in [2.45, 2.75) is 13.5 Å². The highest BCUT2D eigenvalue weighted by atomic mass is 79.9. The predicted molar refractivity (Wildman–Crippen MR) is 79.8 cm³/mol. The summed E-state index contributed by atoms with van der Waals surface area (Å²) >= 11 is 3.48. The van der Waals surface area contributed by atoms with E-state index in [1.165, 1.54) is 0 Å². The summed E-state index contributed by atoms with van der Waals surface area (Å²) in [5.41, 5.74) is 7.79. The quantitative estimate of drug-likeness (QED) is 0.925. The zero-order chi connectivity index (χ0) is 13.8. The Hall–Kier alpha value is -1.52. The van der Waals surface area contributed by atoms with Crippen molar-refractivity contribution in [3.05, 3.63) is 52.0 Å². The number of nitrogens with two attached hydrogens (primary N) is 1. The Kier molecular flexibility index (Phi) is 4.45. The van der Waals surface area contributed by atoms with Gasteiger partial charge in [-0.3, -0.25) is 0 Å². The highest BCUT2D eigenvalue weighted by Gasteiger charge is 2.10. The van der Waals surface area contributed by atoms with Gasteiger partial charge in [0, 0.05) is 12.1 Å². The third kappa shape index (κ3) is 3.08. The molecule has 0 atom stereocenters. The molecule has 0 aromatic heterocycles. The molecular formula is C15H16BrNO2. The molecule has 0 saturated heterocycles. The lowest BCUT2D eigenvalue weighted by Gasteiger charge is -2.14. The molecule has 0 spiro atoms. The molecule has 2 aromatic rings. The highest BCUT2D eigenvalue weighted by molar-refractivity contribution is 9.10. The topological polar surface area (TPSA) is 44.5 Å². The zero-order valence-corrected chi connectivity index (χ0v) is 12.5. The van der Waals surface area contributed by atoms with Crippen molar-refractivity contribution in [1.29, 1.82) is 0 Å². The molecule has 3 nitrogen and oxygen atoms in total. The van der Waals surface area contributed by atoms with Crippen LogP contribution in [-0.4, -0.2) is 7.11 Å². The minimum absolute atomic E-state index is 0.449. The molecule has 0 radical (unpaired) electrons. The number of rotatable bonds is 4. The molecule has 0 bridgehead atoms. The third-order valence-corrected chi connectivity index (χ3v) is 3.48. The summed E-state index contributed by atoms with van der Waals surface area (Å²) in [6, 6.07) is 11.6. The molecule has 2 rings (SSSR count). The van der Waals surface area contributed by atoms with Crippen LogP contribution in [-0.2, 0) is 6.54 Å². The van der Waals surface area contributed by atoms with Gasteiger partial charge in [-0.05, 0) is 46.6 Å². The SMILES string of the molecule is COc1ccc(Oc2c(C)cccc2CN)c(Br)c1. The van der Waals surface area contributed by atoms with Crippen molar-refractivity contribution in [3.63, 3.8) is 0 Å². The summed E-state index contributed by atoms with van der Waals surface area (Å²) in [6.07, 6.45) is 0. The van der Waals surface area contributed by atoms with Gasteiger partial charge in [0.2, 0.25) is 0 Å². The summed E-state index contributed by atoms with van der Waals surface area (Å²) < 4.78 is 12.0. The molecule has 0 unspecified atom stereocenters. The first-order chi connectivity index (χ1) is 9.15. The molecule has 0 amide bonds. The maximum atomic E-state index is 5.98. The average Bonchev–Trinajstić information content (AvgIpc) is 2.42. The minimum atomic E-state index is 0.449. The summed E-state index contributed by atoms with van der Waals surface area (Å²) in [6.45, 7) is 2.46. The van der Waals surface area contributed by atoms with Crippen molar-refractivity contribution >= 4 is 15.9 Å². The fourth-order valence-electron chi connectivity index (χ4n) is 1.82. The van der Waals surface area contributed by atoms with Crippen LogP contribution in [0.2, 0.25) is 0 Å². The van der Waals surface area contributed by atoms with Crippen LogP contribution in [0.4, 0.5) is 0 Å². The van der Waals surface area contributed by atoms with E-state index in [4.69, 9.17) is 15.2 Å². The molecule has 0 aliphatic heterocycles. The van der Waals surface area contributed by atoms with Crippen molar-refractivity contribution in [2.24, 2.45) is 5.73 Å². The van der Waals surface area contributed by atoms with E-state index in [-0.39, 0.29) is 0 Å². The fourth-order valence-corrected chi connectivity index (χ4v) is 2.26. The number of ether oxygens (including phenoxy) is 2. The number of methoxy groups -OCH3 is 1. The van der Waals surface area contributed by atoms with Crippen molar-refractivity contribution < 1.29 is 9.47 Å². The van der Waals surface area contributed by atoms with Gasteiger partial charge in [0.15, 0.2) is 0 Å². The van der Waals surface area contributed by atoms with Gasteiger partial charge in [0.25, 0.3) is 0 Å². The van der Waals surface area contributed by atoms with Gasteiger partial charge in [-0.25, -0.2) is 0 Å². The van der Waals surface area contributed by atoms with E-state index in [1.807, 2.05) is 43.3 Å². The van der Waals surface area contributed by atoms with Crippen molar-refractivity contribution in [1.82, 2.24) is 0 Å². The van der Waals surface area contributed by atoms with Gasteiger partial charge in [0.1, 0.15) is 17.2 Å². The second kappa shape index (κ2) is 6.08. The van der Waals surface area contributed by atoms with Crippen LogP contribution in [0.25, 0.3) is 0 Å². The van der Waals surface area contributed by atoms with E-state index in [2.05, 4.69) is 15.9 Å². The van der Waals surface area contributed by atoms with E-state index in [9.17, 15) is 0 Å². The molecule has 0 aliphatic carbocycles. The Morgan fingerprint density at radius 1 is 1.21 bits per heavy atom. The van der Waals surface area contributed by atoms with Crippen LogP contribution in [0, 0.1) is 6.92 Å². The average molecular weight is 322 g/mol. The number of benzene rings is 2. The van der Waals surface area contributed by atoms with Gasteiger partial charge in [-0.2, -0.15) is 0 Å². The van der Waals surface area contributed by atoms with Crippen LogP contribution >= 0.6 is 15.9 Å². The Labute approximate surface area is 121 Å². The van der Waals surface area contributed by atoms with E-state index >= 15 is 0 Å². The van der Waals surface area contributed by atoms with E-state index in [0.717, 1.165) is 32.8 Å². The maximum absolute atomic E-state index is 5.98. The Morgan fingerprint density at radius 2 is 2.00 bits per heavy atom. The minimum Gasteiger partial charge on any atom is -0.497 e. The van der Waals surface area contributed by atoms with Crippen molar-refractivity contribution in [3.8, 4) is 17.2 Å². The summed E-state index contributed by atoms with van der Waals surface area (Å²) in [5.74, 6) is 2.34. The third-order valence-electron chi connectivity index (χ3n) is 2.86. The largest absolute Gasteiger partial charge is 0.497 e. The van der Waals surface area contributed by atoms with Crippen LogP contribution in [0.15, 0.2) is 40.9 Å². The van der Waals surface area contributed by atoms with Gasteiger partial charge in [-0.15, -0.1) is 0 Å². The highest BCUT2D eigenvalue weighted by Crippen LogP contribution is 2.35. The second-order valence-corrected chi connectivity index (χ2v) is 5.02. The molecule has 0 aliphatic rings. The van der Waals surface area contributed by atoms with Gasteiger partial charge < -0.3 is 15.2 Å². The van der Waals surface area contributed by atoms with E-state index in [1.54, 1.807) is 7.11 Å². The molecule has 2 N–H and O–H groups in total. The van der Waals surface area contributed by atoms with Gasteiger partial charge in [0.05, 0.1) is 11.6 Å². The molecule has 100 valence electrons. The number of para-hydroxylation sites is 1. The monoisotopic (exact) mass is 321 g/mol. The lowest BCUT2D eigenvalue weighted by Crippen LogP contribution is -2.01.